The maximum Gasteiger partial charge on any atom is 0.231 e. The topological polar surface area (TPSA) is 54.9 Å². The van der Waals surface area contributed by atoms with E-state index in [1.54, 1.807) is 23.7 Å². The highest BCUT2D eigenvalue weighted by Crippen LogP contribution is 2.42. The minimum absolute atomic E-state index is 0.0675. The summed E-state index contributed by atoms with van der Waals surface area (Å²) in [5, 5.41) is 6.79. The second kappa shape index (κ2) is 8.02. The highest BCUT2D eigenvalue weighted by atomic mass is 35.5. The Balaban J connectivity index is 1.54. The van der Waals surface area contributed by atoms with E-state index in [0.29, 0.717) is 5.02 Å². The van der Waals surface area contributed by atoms with Gasteiger partial charge in [-0.1, -0.05) is 36.6 Å². The zero-order valence-corrected chi connectivity index (χ0v) is 17.3. The Labute approximate surface area is 174 Å². The van der Waals surface area contributed by atoms with E-state index in [2.05, 4.69) is 10.3 Å². The maximum atomic E-state index is 13.4. The average Bonchev–Trinajstić information content (AvgIpc) is 3.39. The van der Waals surface area contributed by atoms with E-state index < -0.39 is 5.41 Å². The third-order valence-corrected chi connectivity index (χ3v) is 6.73. The van der Waals surface area contributed by atoms with Crippen LogP contribution in [-0.4, -0.2) is 15.9 Å². The summed E-state index contributed by atoms with van der Waals surface area (Å²) < 4.78 is 0. The molecule has 1 fully saturated rings. The van der Waals surface area contributed by atoms with Crippen LogP contribution >= 0.6 is 22.9 Å². The zero-order chi connectivity index (χ0) is 19.6. The lowest BCUT2D eigenvalue weighted by Crippen LogP contribution is -2.43. The number of nitrogens with one attached hydrogen (secondary N) is 1. The van der Waals surface area contributed by atoms with Crippen molar-refractivity contribution in [3.05, 3.63) is 69.8 Å². The van der Waals surface area contributed by atoms with Gasteiger partial charge in [0.05, 0.1) is 17.2 Å². The molecule has 2 heterocycles. The van der Waals surface area contributed by atoms with Crippen LogP contribution in [0.3, 0.4) is 0 Å². The molecular formula is C22H22ClN3OS. The number of carbonyl (C=O) groups excluding carboxylic acids is 1. The molecule has 4 rings (SSSR count). The van der Waals surface area contributed by atoms with Gasteiger partial charge < -0.3 is 5.32 Å². The average molecular weight is 412 g/mol. The summed E-state index contributed by atoms with van der Waals surface area (Å²) in [5.41, 5.74) is 2.38. The molecule has 0 aliphatic heterocycles. The first kappa shape index (κ1) is 19.1. The number of pyridine rings is 1. The fourth-order valence-electron chi connectivity index (χ4n) is 3.94. The molecule has 0 radical (unpaired) electrons. The quantitative estimate of drug-likeness (QED) is 0.599. The summed E-state index contributed by atoms with van der Waals surface area (Å²) >= 11 is 7.77. The van der Waals surface area contributed by atoms with Gasteiger partial charge in [-0.2, -0.15) is 0 Å². The first-order chi connectivity index (χ1) is 13.6. The van der Waals surface area contributed by atoms with E-state index in [1.165, 1.54) is 0 Å². The predicted octanol–water partition coefficient (Wildman–Crippen LogP) is 5.55. The number of hydrogen-bond donors (Lipinski definition) is 1. The SMILES string of the molecule is CC(NC(=O)C1(c2cccc(Cl)c2)CCCC1)c1nc(-c2cccnc2)cs1. The van der Waals surface area contributed by atoms with Crippen molar-refractivity contribution in [2.45, 2.75) is 44.1 Å². The minimum atomic E-state index is -0.497. The second-order valence-corrected chi connectivity index (χ2v) is 8.63. The van der Waals surface area contributed by atoms with Crippen molar-refractivity contribution in [2.24, 2.45) is 0 Å². The molecule has 1 aliphatic rings. The van der Waals surface area contributed by atoms with Gasteiger partial charge in [0, 0.05) is 28.4 Å². The molecule has 1 aliphatic carbocycles. The van der Waals surface area contributed by atoms with Crippen molar-refractivity contribution >= 4 is 28.8 Å². The smallest absolute Gasteiger partial charge is 0.231 e. The molecule has 1 unspecified atom stereocenters. The van der Waals surface area contributed by atoms with E-state index in [4.69, 9.17) is 16.6 Å². The van der Waals surface area contributed by atoms with Crippen LogP contribution in [0.15, 0.2) is 54.2 Å². The fraction of sp³-hybridized carbons (Fsp3) is 0.318. The normalized spacial score (nSPS) is 16.6. The van der Waals surface area contributed by atoms with Crippen LogP contribution in [0.2, 0.25) is 5.02 Å². The standard InChI is InChI=1S/C22H22ClN3OS/c1-15(20-26-19(14-28-20)16-6-5-11-24-13-16)25-21(27)22(9-2-3-10-22)17-7-4-8-18(23)12-17/h4-8,11-15H,2-3,9-10H2,1H3,(H,25,27). The molecule has 1 N–H and O–H groups in total. The van der Waals surface area contributed by atoms with Crippen LogP contribution in [0.1, 0.15) is 49.2 Å². The van der Waals surface area contributed by atoms with E-state index in [9.17, 15) is 4.79 Å². The number of amides is 1. The molecule has 1 amide bonds. The summed E-state index contributed by atoms with van der Waals surface area (Å²) in [7, 11) is 0. The number of benzene rings is 1. The second-order valence-electron chi connectivity index (χ2n) is 7.31. The Morgan fingerprint density at radius 3 is 2.79 bits per heavy atom. The van der Waals surface area contributed by atoms with E-state index in [-0.39, 0.29) is 11.9 Å². The molecule has 144 valence electrons. The van der Waals surface area contributed by atoms with Crippen molar-refractivity contribution in [1.82, 2.24) is 15.3 Å². The number of halogens is 1. The Morgan fingerprint density at radius 1 is 1.25 bits per heavy atom. The van der Waals surface area contributed by atoms with Gasteiger partial charge in [0.2, 0.25) is 5.91 Å². The number of thiazole rings is 1. The molecule has 0 saturated heterocycles. The molecule has 0 bridgehead atoms. The van der Waals surface area contributed by atoms with Gasteiger partial charge in [-0.3, -0.25) is 9.78 Å². The summed E-state index contributed by atoms with van der Waals surface area (Å²) in [6, 6.07) is 11.5. The van der Waals surface area contributed by atoms with E-state index >= 15 is 0 Å². The van der Waals surface area contributed by atoms with Gasteiger partial charge in [0.15, 0.2) is 0 Å². The lowest BCUT2D eigenvalue weighted by atomic mass is 9.78. The fourth-order valence-corrected chi connectivity index (χ4v) is 4.97. The molecule has 1 aromatic carbocycles. The largest absolute Gasteiger partial charge is 0.346 e. The van der Waals surface area contributed by atoms with Crippen molar-refractivity contribution in [3.8, 4) is 11.3 Å². The van der Waals surface area contributed by atoms with Crippen molar-refractivity contribution < 1.29 is 4.79 Å². The Morgan fingerprint density at radius 2 is 2.07 bits per heavy atom. The molecule has 6 heteroatoms. The molecule has 28 heavy (non-hydrogen) atoms. The monoisotopic (exact) mass is 411 g/mol. The molecular weight excluding hydrogens is 390 g/mol. The zero-order valence-electron chi connectivity index (χ0n) is 15.7. The van der Waals surface area contributed by atoms with Gasteiger partial charge in [-0.15, -0.1) is 11.3 Å². The van der Waals surface area contributed by atoms with Gasteiger partial charge in [0.1, 0.15) is 5.01 Å². The number of carbonyl (C=O) groups is 1. The van der Waals surface area contributed by atoms with Crippen LogP contribution in [0.4, 0.5) is 0 Å². The predicted molar refractivity (Wildman–Crippen MR) is 114 cm³/mol. The lowest BCUT2D eigenvalue weighted by Gasteiger charge is -2.30. The number of hydrogen-bond acceptors (Lipinski definition) is 4. The first-order valence-corrected chi connectivity index (χ1v) is 10.8. The summed E-state index contributed by atoms with van der Waals surface area (Å²) in [6.07, 6.45) is 7.36. The Hall–Kier alpha value is -2.24. The number of nitrogens with zero attached hydrogens (tertiary/aromatic N) is 2. The third kappa shape index (κ3) is 3.69. The summed E-state index contributed by atoms with van der Waals surface area (Å²) in [6.45, 7) is 1.99. The Bertz CT molecular complexity index is 967. The van der Waals surface area contributed by atoms with Crippen LogP contribution in [-0.2, 0) is 10.2 Å². The van der Waals surface area contributed by atoms with Crippen LogP contribution < -0.4 is 5.32 Å². The third-order valence-electron chi connectivity index (χ3n) is 5.47. The molecule has 1 saturated carbocycles. The van der Waals surface area contributed by atoms with Gasteiger partial charge in [-0.25, -0.2) is 4.98 Å². The number of aromatic nitrogens is 2. The number of rotatable bonds is 5. The van der Waals surface area contributed by atoms with E-state index in [0.717, 1.165) is 47.5 Å². The van der Waals surface area contributed by atoms with Crippen molar-refractivity contribution in [3.63, 3.8) is 0 Å². The van der Waals surface area contributed by atoms with Gasteiger partial charge >= 0.3 is 0 Å². The lowest BCUT2D eigenvalue weighted by molar-refractivity contribution is -0.127. The highest BCUT2D eigenvalue weighted by Gasteiger charge is 2.43. The first-order valence-electron chi connectivity index (χ1n) is 9.51. The highest BCUT2D eigenvalue weighted by molar-refractivity contribution is 7.10. The maximum absolute atomic E-state index is 13.4. The minimum Gasteiger partial charge on any atom is -0.346 e. The van der Waals surface area contributed by atoms with E-state index in [1.807, 2.05) is 48.7 Å². The van der Waals surface area contributed by atoms with Gasteiger partial charge in [-0.05, 0) is 49.6 Å². The van der Waals surface area contributed by atoms with Crippen molar-refractivity contribution in [1.29, 1.82) is 0 Å². The summed E-state index contributed by atoms with van der Waals surface area (Å²) in [5.74, 6) is 0.0675. The molecule has 3 aromatic rings. The molecule has 0 spiro atoms. The molecule has 4 nitrogen and oxygen atoms in total. The molecule has 1 atom stereocenters. The summed E-state index contributed by atoms with van der Waals surface area (Å²) in [4.78, 5) is 22.2. The van der Waals surface area contributed by atoms with Crippen molar-refractivity contribution in [2.75, 3.05) is 0 Å². The van der Waals surface area contributed by atoms with Gasteiger partial charge in [0.25, 0.3) is 0 Å². The van der Waals surface area contributed by atoms with Crippen LogP contribution in [0.25, 0.3) is 11.3 Å². The molecule has 2 aromatic heterocycles. The Kier molecular flexibility index (Phi) is 5.47. The van der Waals surface area contributed by atoms with Crippen LogP contribution in [0.5, 0.6) is 0 Å². The van der Waals surface area contributed by atoms with Crippen LogP contribution in [0, 0.1) is 0 Å².